The number of aromatic hydroxyl groups is 1. The highest BCUT2D eigenvalue weighted by molar-refractivity contribution is 5.49. The van der Waals surface area contributed by atoms with E-state index in [4.69, 9.17) is 4.74 Å². The normalized spacial score (nSPS) is 12.3. The second-order valence-corrected chi connectivity index (χ2v) is 8.50. The Kier molecular flexibility index (Phi) is 4.98. The van der Waals surface area contributed by atoms with Gasteiger partial charge in [-0.15, -0.1) is 0 Å². The Morgan fingerprint density at radius 1 is 0.875 bits per heavy atom. The van der Waals surface area contributed by atoms with E-state index in [1.807, 2.05) is 6.07 Å². The lowest BCUT2D eigenvalue weighted by Crippen LogP contribution is -2.21. The molecule has 0 atom stereocenters. The molecule has 0 aliphatic rings. The topological polar surface area (TPSA) is 29.5 Å². The minimum Gasteiger partial charge on any atom is -0.508 e. The number of hydrogen-bond donors (Lipinski definition) is 1. The molecule has 0 aliphatic heterocycles. The van der Waals surface area contributed by atoms with Gasteiger partial charge < -0.3 is 9.84 Å². The van der Waals surface area contributed by atoms with Crippen LogP contribution in [0.3, 0.4) is 0 Å². The fourth-order valence-electron chi connectivity index (χ4n) is 3.20. The van der Waals surface area contributed by atoms with Crippen LogP contribution >= 0.6 is 0 Å². The molecule has 2 aromatic rings. The van der Waals surface area contributed by atoms with E-state index in [0.29, 0.717) is 12.2 Å². The Hall–Kier alpha value is -1.96. The average molecular weight is 326 g/mol. The molecule has 2 rings (SSSR count). The van der Waals surface area contributed by atoms with Gasteiger partial charge in [0.25, 0.3) is 0 Å². The molecule has 0 aliphatic carbocycles. The van der Waals surface area contributed by atoms with Crippen molar-refractivity contribution in [1.29, 1.82) is 0 Å². The number of phenols is 1. The van der Waals surface area contributed by atoms with Crippen LogP contribution in [-0.2, 0) is 17.3 Å². The number of rotatable bonds is 3. The fourth-order valence-corrected chi connectivity index (χ4v) is 3.20. The molecular formula is C22H30O2. The quantitative estimate of drug-likeness (QED) is 0.797. The van der Waals surface area contributed by atoms with Crippen LogP contribution in [0, 0.1) is 0 Å². The largest absolute Gasteiger partial charge is 0.508 e. The number of phenolic OH excluding ortho intramolecular Hbond substituents is 1. The minimum absolute atomic E-state index is 0.0467. The number of hydrogen-bond acceptors (Lipinski definition) is 2. The van der Waals surface area contributed by atoms with Crippen LogP contribution in [0.15, 0.2) is 36.4 Å². The van der Waals surface area contributed by atoms with Gasteiger partial charge in [-0.25, -0.2) is 0 Å². The first-order chi connectivity index (χ1) is 11.0. The Labute approximate surface area is 146 Å². The Morgan fingerprint density at radius 3 is 1.88 bits per heavy atom. The third kappa shape index (κ3) is 3.92. The van der Waals surface area contributed by atoms with Crippen LogP contribution < -0.4 is 4.74 Å². The highest BCUT2D eigenvalue weighted by Crippen LogP contribution is 2.37. The molecule has 0 aromatic heterocycles. The molecule has 24 heavy (non-hydrogen) atoms. The van der Waals surface area contributed by atoms with Gasteiger partial charge in [0.15, 0.2) is 0 Å². The molecule has 0 unspecified atom stereocenters. The molecule has 130 valence electrons. The predicted octanol–water partition coefficient (Wildman–Crippen LogP) is 5.59. The highest BCUT2D eigenvalue weighted by atomic mass is 16.5. The van der Waals surface area contributed by atoms with Gasteiger partial charge in [-0.3, -0.25) is 0 Å². The van der Waals surface area contributed by atoms with Gasteiger partial charge in [-0.05, 0) is 45.7 Å². The van der Waals surface area contributed by atoms with Crippen molar-refractivity contribution in [3.63, 3.8) is 0 Å². The van der Waals surface area contributed by atoms with Gasteiger partial charge in [0.1, 0.15) is 11.5 Å². The molecule has 0 fully saturated rings. The first-order valence-corrected chi connectivity index (χ1v) is 8.53. The molecule has 0 saturated heterocycles. The molecule has 2 heteroatoms. The van der Waals surface area contributed by atoms with Gasteiger partial charge >= 0.3 is 0 Å². The summed E-state index contributed by atoms with van der Waals surface area (Å²) in [4.78, 5) is 0. The van der Waals surface area contributed by atoms with Crippen LogP contribution in [0.1, 0.15) is 63.8 Å². The zero-order chi connectivity index (χ0) is 18.1. The third-order valence-electron chi connectivity index (χ3n) is 4.45. The maximum absolute atomic E-state index is 10.3. The first kappa shape index (κ1) is 18.4. The van der Waals surface area contributed by atoms with E-state index in [-0.39, 0.29) is 10.8 Å². The molecule has 2 aromatic carbocycles. The van der Waals surface area contributed by atoms with Crippen LogP contribution in [0.5, 0.6) is 11.5 Å². The average Bonchev–Trinajstić information content (AvgIpc) is 2.47. The molecule has 0 bridgehead atoms. The van der Waals surface area contributed by atoms with Crippen molar-refractivity contribution in [3.05, 3.63) is 58.7 Å². The summed E-state index contributed by atoms with van der Waals surface area (Å²) in [6.07, 6.45) is 0.697. The molecule has 0 spiro atoms. The molecule has 1 N–H and O–H groups in total. The van der Waals surface area contributed by atoms with Crippen molar-refractivity contribution in [2.75, 3.05) is 7.11 Å². The number of ether oxygens (including phenoxy) is 1. The Balaban J connectivity index is 2.64. The molecule has 2 nitrogen and oxygen atoms in total. The standard InChI is InChI=1S/C22H30O2/c1-21(2,3)18-9-8-10-19(22(4,5)6)17(18)14-15-13-16(24-7)11-12-20(15)23/h8-13,23H,14H2,1-7H3. The van der Waals surface area contributed by atoms with Crippen LogP contribution in [-0.4, -0.2) is 12.2 Å². The summed E-state index contributed by atoms with van der Waals surface area (Å²) in [5, 5.41) is 10.3. The molecule has 0 saturated carbocycles. The summed E-state index contributed by atoms with van der Waals surface area (Å²) in [6.45, 7) is 13.4. The molecular weight excluding hydrogens is 296 g/mol. The summed E-state index contributed by atoms with van der Waals surface area (Å²) >= 11 is 0. The van der Waals surface area contributed by atoms with Gasteiger partial charge in [-0.2, -0.15) is 0 Å². The zero-order valence-electron chi connectivity index (χ0n) is 16.0. The summed E-state index contributed by atoms with van der Waals surface area (Å²) in [7, 11) is 1.65. The van der Waals surface area contributed by atoms with Crippen molar-refractivity contribution < 1.29 is 9.84 Å². The smallest absolute Gasteiger partial charge is 0.119 e. The summed E-state index contributed by atoms with van der Waals surface area (Å²) in [6, 6.07) is 12.0. The van der Waals surface area contributed by atoms with E-state index < -0.39 is 0 Å². The van der Waals surface area contributed by atoms with Gasteiger partial charge in [0.05, 0.1) is 7.11 Å². The first-order valence-electron chi connectivity index (χ1n) is 8.53. The third-order valence-corrected chi connectivity index (χ3v) is 4.45. The second kappa shape index (κ2) is 6.51. The molecule has 0 heterocycles. The van der Waals surface area contributed by atoms with Crippen molar-refractivity contribution >= 4 is 0 Å². The van der Waals surface area contributed by atoms with Crippen molar-refractivity contribution in [3.8, 4) is 11.5 Å². The van der Waals surface area contributed by atoms with Gasteiger partial charge in [0, 0.05) is 12.0 Å². The van der Waals surface area contributed by atoms with E-state index in [9.17, 15) is 5.11 Å². The SMILES string of the molecule is COc1ccc(O)c(Cc2c(C(C)(C)C)cccc2C(C)(C)C)c1. The van der Waals surface area contributed by atoms with Crippen LogP contribution in [0.4, 0.5) is 0 Å². The molecule has 0 radical (unpaired) electrons. The lowest BCUT2D eigenvalue weighted by atomic mass is 9.75. The highest BCUT2D eigenvalue weighted by Gasteiger charge is 2.25. The van der Waals surface area contributed by atoms with Gasteiger partial charge in [0.2, 0.25) is 0 Å². The van der Waals surface area contributed by atoms with E-state index in [1.54, 1.807) is 19.2 Å². The van der Waals surface area contributed by atoms with E-state index in [2.05, 4.69) is 59.7 Å². The summed E-state index contributed by atoms with van der Waals surface area (Å²) in [5.74, 6) is 1.09. The maximum Gasteiger partial charge on any atom is 0.119 e. The van der Waals surface area contributed by atoms with Crippen LogP contribution in [0.2, 0.25) is 0 Å². The van der Waals surface area contributed by atoms with Gasteiger partial charge in [-0.1, -0.05) is 59.7 Å². The maximum atomic E-state index is 10.3. The van der Waals surface area contributed by atoms with Crippen molar-refractivity contribution in [2.24, 2.45) is 0 Å². The zero-order valence-corrected chi connectivity index (χ0v) is 16.0. The second-order valence-electron chi connectivity index (χ2n) is 8.50. The Bertz CT molecular complexity index is 683. The van der Waals surface area contributed by atoms with Crippen molar-refractivity contribution in [1.82, 2.24) is 0 Å². The lowest BCUT2D eigenvalue weighted by molar-refractivity contribution is 0.411. The Morgan fingerprint density at radius 2 is 1.42 bits per heavy atom. The predicted molar refractivity (Wildman–Crippen MR) is 101 cm³/mol. The number of methoxy groups -OCH3 is 1. The monoisotopic (exact) mass is 326 g/mol. The van der Waals surface area contributed by atoms with Crippen LogP contribution in [0.25, 0.3) is 0 Å². The van der Waals surface area contributed by atoms with E-state index in [0.717, 1.165) is 11.3 Å². The summed E-state index contributed by atoms with van der Waals surface area (Å²) in [5.41, 5.74) is 4.96. The minimum atomic E-state index is 0.0467. The summed E-state index contributed by atoms with van der Waals surface area (Å²) < 4.78 is 5.33. The van der Waals surface area contributed by atoms with Crippen molar-refractivity contribution in [2.45, 2.75) is 58.8 Å². The van der Waals surface area contributed by atoms with E-state index in [1.165, 1.54) is 16.7 Å². The lowest BCUT2D eigenvalue weighted by Gasteiger charge is -2.30. The molecule has 0 amide bonds. The van der Waals surface area contributed by atoms with E-state index >= 15 is 0 Å². The number of benzene rings is 2. The fraction of sp³-hybridized carbons (Fsp3) is 0.455.